The van der Waals surface area contributed by atoms with E-state index in [1.165, 1.54) is 71.0 Å². The molecule has 0 aromatic carbocycles. The van der Waals surface area contributed by atoms with Crippen LogP contribution in [-0.2, 0) is 28.5 Å². The Morgan fingerprint density at radius 3 is 2.08 bits per heavy atom. The number of allylic oxidation sites excluding steroid dienone is 4. The Morgan fingerprint density at radius 1 is 0.917 bits per heavy atom. The van der Waals surface area contributed by atoms with Crippen LogP contribution in [0, 0.1) is 11.3 Å². The van der Waals surface area contributed by atoms with Crippen LogP contribution >= 0.6 is 15.9 Å². The standard InChI is InChI=1S/C59H97BrO12/c1-12-13-14-15-16-17-18-19-20-21-22-23-24-28-56(67)70-47(35-44(6)51(39-60)69-11)36-49(62)45(7)50(63)38-53(65)58(8,9)52(64)32-43(5)33-54(66)59(10)55-37-48(72-59)31-42(4)29-41(3)30-46(61)27-25-26-40(2)34-57(68)71-55/h25-26,29,33-34,39,45-50,52-55,61-66H,3,6,12-24,27-28,30-32,35-38H2,1-2,4-5,7-11H3. The van der Waals surface area contributed by atoms with Gasteiger partial charge >= 0.3 is 11.9 Å². The van der Waals surface area contributed by atoms with Crippen molar-refractivity contribution < 1.29 is 59.2 Å². The molecule has 12 nitrogen and oxygen atoms in total. The van der Waals surface area contributed by atoms with Gasteiger partial charge in [0, 0.05) is 54.5 Å². The summed E-state index contributed by atoms with van der Waals surface area (Å²) in [5.74, 6) is -1.21. The van der Waals surface area contributed by atoms with E-state index < -0.39 is 77.8 Å². The van der Waals surface area contributed by atoms with E-state index in [-0.39, 0.29) is 38.1 Å². The quantitative estimate of drug-likeness (QED) is 0.0127. The lowest BCUT2D eigenvalue weighted by molar-refractivity contribution is -0.163. The smallest absolute Gasteiger partial charge is 0.331 e. The Bertz CT molecular complexity index is 1820. The highest BCUT2D eigenvalue weighted by molar-refractivity contribution is 9.11. The molecule has 412 valence electrons. The van der Waals surface area contributed by atoms with E-state index in [0.717, 1.165) is 30.4 Å². The molecule has 2 aliphatic heterocycles. The fourth-order valence-electron chi connectivity index (χ4n) is 9.66. The summed E-state index contributed by atoms with van der Waals surface area (Å²) >= 11 is 3.29. The summed E-state index contributed by atoms with van der Waals surface area (Å²) in [6, 6.07) is 0. The van der Waals surface area contributed by atoms with E-state index in [1.54, 1.807) is 64.8 Å². The number of fused-ring (bicyclic) bond motifs is 2. The molecule has 0 amide bonds. The van der Waals surface area contributed by atoms with Gasteiger partial charge in [-0.2, -0.15) is 0 Å². The lowest BCUT2D eigenvalue weighted by Crippen LogP contribution is -2.48. The molecule has 2 aliphatic rings. The maximum atomic E-state index is 13.1. The van der Waals surface area contributed by atoms with E-state index in [1.807, 2.05) is 13.0 Å². The van der Waals surface area contributed by atoms with Crippen LogP contribution in [0.3, 0.4) is 0 Å². The highest BCUT2D eigenvalue weighted by atomic mass is 79.9. The summed E-state index contributed by atoms with van der Waals surface area (Å²) < 4.78 is 23.8. The van der Waals surface area contributed by atoms with Crippen LogP contribution in [0.2, 0.25) is 0 Å². The minimum atomic E-state index is -1.34. The van der Waals surface area contributed by atoms with Gasteiger partial charge in [0.1, 0.15) is 29.7 Å². The average Bonchev–Trinajstić information content (AvgIpc) is 3.61. The number of aliphatic hydroxyl groups excluding tert-OH is 6. The molecule has 11 atom stereocenters. The lowest BCUT2D eigenvalue weighted by atomic mass is 9.75. The van der Waals surface area contributed by atoms with Gasteiger partial charge in [-0.15, -0.1) is 0 Å². The molecule has 6 N–H and O–H groups in total. The molecule has 1 saturated heterocycles. The van der Waals surface area contributed by atoms with Crippen LogP contribution in [0.25, 0.3) is 0 Å². The van der Waals surface area contributed by atoms with Gasteiger partial charge < -0.3 is 49.6 Å². The number of rotatable bonds is 31. The minimum Gasteiger partial charge on any atom is -0.496 e. The predicted octanol–water partition coefficient (Wildman–Crippen LogP) is 11.8. The summed E-state index contributed by atoms with van der Waals surface area (Å²) in [7, 11) is 1.51. The van der Waals surface area contributed by atoms with E-state index in [9.17, 15) is 40.2 Å². The van der Waals surface area contributed by atoms with Gasteiger partial charge in [0.15, 0.2) is 0 Å². The molecule has 72 heavy (non-hydrogen) atoms. The van der Waals surface area contributed by atoms with Crippen LogP contribution in [0.1, 0.15) is 197 Å². The molecule has 0 aromatic rings. The van der Waals surface area contributed by atoms with Gasteiger partial charge in [-0.05, 0) is 70.9 Å². The van der Waals surface area contributed by atoms with Crippen LogP contribution in [0.15, 0.2) is 82.1 Å². The van der Waals surface area contributed by atoms with Gasteiger partial charge in [0.05, 0.1) is 43.7 Å². The van der Waals surface area contributed by atoms with E-state index in [2.05, 4.69) is 36.0 Å². The molecule has 0 spiro atoms. The lowest BCUT2D eigenvalue weighted by Gasteiger charge is -2.38. The maximum Gasteiger partial charge on any atom is 0.331 e. The molecule has 0 aromatic heterocycles. The normalized spacial score (nSPS) is 23.8. The molecule has 2 rings (SSSR count). The highest BCUT2D eigenvalue weighted by Gasteiger charge is 2.51. The number of esters is 2. The summed E-state index contributed by atoms with van der Waals surface area (Å²) in [6.45, 7) is 22.7. The molecule has 0 radical (unpaired) electrons. The van der Waals surface area contributed by atoms with Crippen molar-refractivity contribution in [3.63, 3.8) is 0 Å². The molecule has 1 fully saturated rings. The van der Waals surface area contributed by atoms with Crippen LogP contribution < -0.4 is 0 Å². The zero-order valence-corrected chi connectivity index (χ0v) is 47.3. The van der Waals surface area contributed by atoms with Crippen molar-refractivity contribution in [2.45, 2.75) is 257 Å². The van der Waals surface area contributed by atoms with Gasteiger partial charge in [0.2, 0.25) is 0 Å². The van der Waals surface area contributed by atoms with Crippen molar-refractivity contribution >= 4 is 27.9 Å². The third-order valence-corrected chi connectivity index (χ3v) is 15.2. The maximum absolute atomic E-state index is 13.1. The molecule has 2 bridgehead atoms. The minimum absolute atomic E-state index is 0.0174. The van der Waals surface area contributed by atoms with Crippen LogP contribution in [0.5, 0.6) is 0 Å². The number of carbonyl (C=O) groups is 2. The van der Waals surface area contributed by atoms with E-state index >= 15 is 0 Å². The Hall–Kier alpha value is -2.88. The first-order chi connectivity index (χ1) is 34.0. The first-order valence-corrected chi connectivity index (χ1v) is 27.9. The number of hydrogen-bond donors (Lipinski definition) is 6. The molecular weight excluding hydrogens is 981 g/mol. The largest absolute Gasteiger partial charge is 0.496 e. The summed E-state index contributed by atoms with van der Waals surface area (Å²) in [5, 5.41) is 68.3. The number of carbonyl (C=O) groups excluding carboxylic acids is 2. The number of hydrogen-bond acceptors (Lipinski definition) is 12. The van der Waals surface area contributed by atoms with Crippen LogP contribution in [-0.4, -0.2) is 110 Å². The average molecular weight is 1080 g/mol. The number of ether oxygens (including phenoxy) is 4. The summed E-state index contributed by atoms with van der Waals surface area (Å²) in [4.78, 5) is 27.9. The first kappa shape index (κ1) is 65.2. The van der Waals surface area contributed by atoms with Crippen molar-refractivity contribution in [2.24, 2.45) is 11.3 Å². The van der Waals surface area contributed by atoms with Crippen molar-refractivity contribution in [1.29, 1.82) is 0 Å². The third-order valence-electron chi connectivity index (χ3n) is 14.8. The molecule has 0 saturated carbocycles. The molecule has 0 aliphatic carbocycles. The van der Waals surface area contributed by atoms with Crippen molar-refractivity contribution in [1.82, 2.24) is 0 Å². The Labute approximate surface area is 442 Å². The van der Waals surface area contributed by atoms with Gasteiger partial charge in [-0.1, -0.05) is 175 Å². The van der Waals surface area contributed by atoms with Gasteiger partial charge in [-0.25, -0.2) is 4.79 Å². The zero-order chi connectivity index (χ0) is 54.0. The fourth-order valence-corrected chi connectivity index (χ4v) is 10.2. The first-order valence-electron chi connectivity index (χ1n) is 27.0. The second kappa shape index (κ2) is 33.9. The van der Waals surface area contributed by atoms with E-state index in [4.69, 9.17) is 18.9 Å². The van der Waals surface area contributed by atoms with Crippen molar-refractivity contribution in [3.05, 3.63) is 82.1 Å². The Morgan fingerprint density at radius 2 is 1.50 bits per heavy atom. The number of aliphatic hydroxyl groups is 6. The second-order valence-electron chi connectivity index (χ2n) is 21.9. The van der Waals surface area contributed by atoms with Crippen LogP contribution in [0.4, 0.5) is 0 Å². The van der Waals surface area contributed by atoms with Crippen molar-refractivity contribution in [3.8, 4) is 0 Å². The van der Waals surface area contributed by atoms with E-state index in [0.29, 0.717) is 54.6 Å². The monoisotopic (exact) mass is 1080 g/mol. The number of methoxy groups -OCH3 is 1. The number of unbranched alkanes of at least 4 members (excludes halogenated alkanes) is 12. The molecule has 13 heteroatoms. The van der Waals surface area contributed by atoms with Gasteiger partial charge in [0.25, 0.3) is 0 Å². The highest BCUT2D eigenvalue weighted by Crippen LogP contribution is 2.40. The zero-order valence-electron chi connectivity index (χ0n) is 45.7. The Kier molecular flexibility index (Phi) is 30.7. The second-order valence-corrected chi connectivity index (χ2v) is 22.4. The topological polar surface area (TPSA) is 192 Å². The summed E-state index contributed by atoms with van der Waals surface area (Å²) in [6.07, 6.45) is 17.6. The third kappa shape index (κ3) is 23.8. The van der Waals surface area contributed by atoms with Crippen molar-refractivity contribution in [2.75, 3.05) is 7.11 Å². The Balaban J connectivity index is 2.06. The molecular formula is C59H97BrO12. The number of halogens is 1. The SMILES string of the molecule is C=C1C=C(C)CC2CC(OC(=O)C=C(C)C=CCC(O)C1)C(C)(C(O)C=C(C)CC(O)C(C)(C)C(O)CC(O)C(C)C(O)CC(CC(=C)C(=CBr)OC)OC(=O)CCCCCCCCCCCCCCC)O2. The fraction of sp³-hybridized carbons (Fsp3) is 0.729. The molecule has 11 unspecified atom stereocenters. The summed E-state index contributed by atoms with van der Waals surface area (Å²) in [5.41, 5.74) is 1.08. The predicted molar refractivity (Wildman–Crippen MR) is 292 cm³/mol. The molecule has 2 heterocycles. The van der Waals surface area contributed by atoms with Gasteiger partial charge in [-0.3, -0.25) is 4.79 Å².